The molecule has 2 aromatic rings. The van der Waals surface area contributed by atoms with Crippen LogP contribution in [0.2, 0.25) is 0 Å². The minimum atomic E-state index is -1.20. The Morgan fingerprint density at radius 1 is 1.17 bits per heavy atom. The molecule has 2 aromatic carbocycles. The molecule has 2 N–H and O–H groups in total. The highest BCUT2D eigenvalue weighted by molar-refractivity contribution is 8.53. The number of amides is 1. The lowest BCUT2D eigenvalue weighted by atomic mass is 10.0. The van der Waals surface area contributed by atoms with Crippen molar-refractivity contribution in [3.05, 3.63) is 71.8 Å². The lowest BCUT2D eigenvalue weighted by molar-refractivity contribution is 0.00722. The van der Waals surface area contributed by atoms with E-state index in [1.807, 2.05) is 60.7 Å². The molecule has 1 amide bonds. The van der Waals surface area contributed by atoms with Crippen molar-refractivity contribution in [2.75, 3.05) is 5.21 Å². The van der Waals surface area contributed by atoms with Gasteiger partial charge in [-0.1, -0.05) is 81.9 Å². The summed E-state index contributed by atoms with van der Waals surface area (Å²) in [6.45, 7) is 0. The number of halogens is 2. The molecule has 3 unspecified atom stereocenters. The quantitative estimate of drug-likeness (QED) is 0.505. The van der Waals surface area contributed by atoms with E-state index in [1.54, 1.807) is 0 Å². The summed E-state index contributed by atoms with van der Waals surface area (Å²) in [4.78, 5) is 25.2. The van der Waals surface area contributed by atoms with Gasteiger partial charge in [-0.05, 0) is 11.1 Å². The molecular formula is C18H18Cl2N2O4S3. The number of fused-ring (bicyclic) bond motifs is 1. The van der Waals surface area contributed by atoms with Gasteiger partial charge in [0.1, 0.15) is 4.71 Å². The van der Waals surface area contributed by atoms with Crippen LogP contribution < -0.4 is 5.73 Å². The van der Waals surface area contributed by atoms with E-state index in [1.165, 1.54) is 16.1 Å². The van der Waals surface area contributed by atoms with Gasteiger partial charge >= 0.3 is 11.4 Å². The summed E-state index contributed by atoms with van der Waals surface area (Å²) in [5.74, 6) is 0. The average Bonchev–Trinajstić information content (AvgIpc) is 2.72. The van der Waals surface area contributed by atoms with E-state index in [-0.39, 0.29) is 17.6 Å². The molecule has 29 heavy (non-hydrogen) atoms. The van der Waals surface area contributed by atoms with Crippen molar-refractivity contribution in [3.63, 3.8) is 0 Å². The summed E-state index contributed by atoms with van der Waals surface area (Å²) < 4.78 is 12.1. The number of nitrogens with zero attached hydrogens (tertiary/aromatic N) is 1. The fraction of sp³-hybridized carbons (Fsp3) is 0.222. The van der Waals surface area contributed by atoms with Crippen LogP contribution in [0.5, 0.6) is 0 Å². The lowest BCUT2D eigenvalue weighted by Crippen LogP contribution is -2.60. The first-order chi connectivity index (χ1) is 13.6. The Bertz CT molecular complexity index is 894. The Morgan fingerprint density at radius 3 is 2.21 bits per heavy atom. The third-order valence-electron chi connectivity index (χ3n) is 4.13. The van der Waals surface area contributed by atoms with Crippen LogP contribution in [0.25, 0.3) is 0 Å². The van der Waals surface area contributed by atoms with Crippen LogP contribution in [-0.4, -0.2) is 31.2 Å². The van der Waals surface area contributed by atoms with Crippen molar-refractivity contribution in [1.29, 1.82) is 0 Å². The molecule has 6 nitrogen and oxygen atoms in total. The van der Waals surface area contributed by atoms with E-state index in [2.05, 4.69) is 0 Å². The molecule has 4 rings (SSSR count). The first-order valence-corrected chi connectivity index (χ1v) is 13.0. The normalized spacial score (nSPS) is 25.3. The largest absolute Gasteiger partial charge is 0.443 e. The predicted octanol–water partition coefficient (Wildman–Crippen LogP) is 4.32. The monoisotopic (exact) mass is 492 g/mol. The highest BCUT2D eigenvalue weighted by Crippen LogP contribution is 2.39. The van der Waals surface area contributed by atoms with Crippen LogP contribution in [0.4, 0.5) is 9.59 Å². The highest BCUT2D eigenvalue weighted by Gasteiger charge is 2.50. The third-order valence-corrected chi connectivity index (χ3v) is 12.9. The van der Waals surface area contributed by atoms with Crippen LogP contribution in [0.1, 0.15) is 17.2 Å². The highest BCUT2D eigenvalue weighted by atomic mass is 35.5. The molecule has 0 aliphatic carbocycles. The number of benzene rings is 2. The molecule has 2 aliphatic heterocycles. The summed E-state index contributed by atoms with van der Waals surface area (Å²) in [5.41, 5.74) is 7.30. The first-order valence-electron chi connectivity index (χ1n) is 8.32. The molecule has 0 aromatic heterocycles. The molecule has 1 saturated heterocycles. The second kappa shape index (κ2) is 9.72. The molecule has 0 radical (unpaired) electrons. The molecule has 4 atom stereocenters. The van der Waals surface area contributed by atoms with Gasteiger partial charge in [0.25, 0.3) is 0 Å². The first kappa shape index (κ1) is 22.5. The third kappa shape index (κ3) is 4.45. The van der Waals surface area contributed by atoms with Crippen molar-refractivity contribution in [2.24, 2.45) is 5.73 Å². The number of carbonyl (C=O) groups excluding carboxylic acids is 2. The van der Waals surface area contributed by atoms with Gasteiger partial charge < -0.3 is 15.2 Å². The second-order valence-corrected chi connectivity index (χ2v) is 12.9. The minimum absolute atomic E-state index is 0. The van der Waals surface area contributed by atoms with Gasteiger partial charge in [0, 0.05) is 0 Å². The minimum Gasteiger partial charge on any atom is -0.443 e. The van der Waals surface area contributed by atoms with Crippen LogP contribution in [0.3, 0.4) is 0 Å². The number of rotatable bonds is 4. The SMILES string of the molecule is Cl.NC1S[C@H]2OC(=O)N2S(C(=O)OC(c2ccccc2)c2ccccc2)=S1CCl. The number of hydrogen-bond acceptors (Lipinski definition) is 6. The predicted molar refractivity (Wildman–Crippen MR) is 122 cm³/mol. The van der Waals surface area contributed by atoms with Crippen molar-refractivity contribution in [1.82, 2.24) is 4.31 Å². The summed E-state index contributed by atoms with van der Waals surface area (Å²) in [5, 5.41) is -0.330. The van der Waals surface area contributed by atoms with Crippen LogP contribution in [0, 0.1) is 0 Å². The maximum atomic E-state index is 13.2. The zero-order valence-electron chi connectivity index (χ0n) is 14.9. The molecule has 2 heterocycles. The number of hydrogen-bond donors (Lipinski definition) is 1. The van der Waals surface area contributed by atoms with Crippen LogP contribution in [-0.2, 0) is 28.6 Å². The lowest BCUT2D eigenvalue weighted by Gasteiger charge is -2.45. The molecule has 11 heteroatoms. The van der Waals surface area contributed by atoms with Gasteiger partial charge in [0.2, 0.25) is 5.56 Å². The van der Waals surface area contributed by atoms with Crippen molar-refractivity contribution < 1.29 is 19.1 Å². The molecule has 2 aliphatic rings. The summed E-state index contributed by atoms with van der Waals surface area (Å²) >= 11 is 7.40. The van der Waals surface area contributed by atoms with E-state index < -0.39 is 46.9 Å². The Kier molecular flexibility index (Phi) is 7.53. The molecule has 0 spiro atoms. The average molecular weight is 493 g/mol. The van der Waals surface area contributed by atoms with Gasteiger partial charge in [-0.25, -0.2) is 9.59 Å². The van der Waals surface area contributed by atoms with Gasteiger partial charge in [-0.15, -0.1) is 24.0 Å². The van der Waals surface area contributed by atoms with Gasteiger partial charge in [-0.2, -0.15) is 4.31 Å². The number of thioether (sulfide) groups is 1. The molecule has 156 valence electrons. The summed E-state index contributed by atoms with van der Waals surface area (Å²) in [6, 6.07) is 19.0. The van der Waals surface area contributed by atoms with E-state index in [0.29, 0.717) is 0 Å². The molecular weight excluding hydrogens is 475 g/mol. The number of carbonyl (C=O) groups is 2. The van der Waals surface area contributed by atoms with Gasteiger partial charge in [0.15, 0.2) is 6.10 Å². The maximum absolute atomic E-state index is 13.2. The smallest absolute Gasteiger partial charge is 0.426 e. The van der Waals surface area contributed by atoms with Crippen LogP contribution >= 0.6 is 35.8 Å². The van der Waals surface area contributed by atoms with Gasteiger partial charge in [-0.3, -0.25) is 0 Å². The van der Waals surface area contributed by atoms with E-state index in [4.69, 9.17) is 26.8 Å². The summed E-state index contributed by atoms with van der Waals surface area (Å²) in [6.07, 6.45) is -1.13. The number of alkyl halides is 1. The Balaban J connectivity index is 0.00000240. The zero-order valence-corrected chi connectivity index (χ0v) is 18.9. The van der Waals surface area contributed by atoms with E-state index in [9.17, 15) is 9.59 Å². The van der Waals surface area contributed by atoms with Crippen molar-refractivity contribution in [3.8, 4) is 0 Å². The maximum Gasteiger partial charge on any atom is 0.426 e. The zero-order chi connectivity index (χ0) is 19.7. The van der Waals surface area contributed by atoms with E-state index in [0.717, 1.165) is 11.1 Å². The van der Waals surface area contributed by atoms with Gasteiger partial charge in [0.05, 0.1) is 14.9 Å². The number of nitrogens with two attached hydrogens (primary N) is 1. The second-order valence-electron chi connectivity index (χ2n) is 5.83. The standard InChI is InChI=1S/C18H17ClN2O4S3.ClH/c19-11-27-15(20)26-17-21(16(22)25-17)28(27)18(23)24-14(12-7-3-1-4-8-12)13-9-5-2-6-10-13;/h1-10,14-15,17H,11,20H2;1H/t15?,17-,27?,28?;/m1./s1. The fourth-order valence-corrected chi connectivity index (χ4v) is 11.4. The topological polar surface area (TPSA) is 81.9 Å². The Hall–Kier alpha value is -1.23. The van der Waals surface area contributed by atoms with Crippen LogP contribution in [0.15, 0.2) is 60.7 Å². The fourth-order valence-electron chi connectivity index (χ4n) is 2.82. The molecule has 0 saturated carbocycles. The van der Waals surface area contributed by atoms with E-state index >= 15 is 0 Å². The Morgan fingerprint density at radius 2 is 1.72 bits per heavy atom. The van der Waals surface area contributed by atoms with Crippen molar-refractivity contribution >= 4 is 66.3 Å². The Labute approximate surface area is 188 Å². The summed E-state index contributed by atoms with van der Waals surface area (Å²) in [7, 11) is -1.93. The molecule has 1 fully saturated rings. The number of ether oxygens (including phenoxy) is 2. The molecule has 0 bridgehead atoms. The van der Waals surface area contributed by atoms with Crippen molar-refractivity contribution in [2.45, 2.75) is 16.4 Å².